The fraction of sp³-hybridized carbons (Fsp3) is 0.381. The van der Waals surface area contributed by atoms with Crippen LogP contribution >= 0.6 is 0 Å². The number of carbonyl (C=O) groups is 1. The van der Waals surface area contributed by atoms with Crippen LogP contribution in [-0.2, 0) is 6.54 Å². The first-order chi connectivity index (χ1) is 12.2. The van der Waals surface area contributed by atoms with Crippen molar-refractivity contribution in [1.82, 2.24) is 4.90 Å². The summed E-state index contributed by atoms with van der Waals surface area (Å²) in [6, 6.07) is 15.8. The highest BCUT2D eigenvalue weighted by Gasteiger charge is 2.20. The van der Waals surface area contributed by atoms with Gasteiger partial charge in [-0.1, -0.05) is 30.3 Å². The van der Waals surface area contributed by atoms with Crippen LogP contribution in [-0.4, -0.2) is 37.6 Å². The second-order valence-electron chi connectivity index (χ2n) is 6.41. The van der Waals surface area contributed by atoms with Gasteiger partial charge in [0.25, 0.3) is 5.91 Å². The first-order valence-corrected chi connectivity index (χ1v) is 9.01. The number of nitrogens with zero attached hydrogens (tertiary/aromatic N) is 2. The minimum absolute atomic E-state index is 0.0136. The van der Waals surface area contributed by atoms with Crippen molar-refractivity contribution in [2.75, 3.05) is 31.6 Å². The Hall–Kier alpha value is -2.49. The molecule has 0 aliphatic carbocycles. The van der Waals surface area contributed by atoms with Crippen LogP contribution in [0.5, 0.6) is 5.75 Å². The predicted molar refractivity (Wildman–Crippen MR) is 101 cm³/mol. The molecular formula is C21H26N2O2. The van der Waals surface area contributed by atoms with Crippen LogP contribution in [0, 0.1) is 0 Å². The Labute approximate surface area is 150 Å². The van der Waals surface area contributed by atoms with Crippen molar-refractivity contribution in [1.29, 1.82) is 0 Å². The van der Waals surface area contributed by atoms with Crippen LogP contribution in [0.15, 0.2) is 48.5 Å². The Bertz CT molecular complexity index is 723. The first-order valence-electron chi connectivity index (χ1n) is 9.01. The maximum atomic E-state index is 12.9. The summed E-state index contributed by atoms with van der Waals surface area (Å²) in [5.74, 6) is 0.634. The predicted octanol–water partition coefficient (Wildman–Crippen LogP) is 3.96. The highest BCUT2D eigenvalue weighted by molar-refractivity contribution is 5.96. The van der Waals surface area contributed by atoms with E-state index in [2.05, 4.69) is 23.1 Å². The lowest BCUT2D eigenvalue weighted by molar-refractivity contribution is 0.0781. The highest BCUT2D eigenvalue weighted by atomic mass is 16.5. The van der Waals surface area contributed by atoms with Gasteiger partial charge in [-0.3, -0.25) is 4.79 Å². The van der Waals surface area contributed by atoms with Gasteiger partial charge in [-0.05, 0) is 43.5 Å². The number of benzene rings is 2. The molecule has 0 N–H and O–H groups in total. The number of hydrogen-bond acceptors (Lipinski definition) is 3. The lowest BCUT2D eigenvalue weighted by atomic mass is 10.1. The van der Waals surface area contributed by atoms with Gasteiger partial charge in [0.2, 0.25) is 0 Å². The van der Waals surface area contributed by atoms with Crippen molar-refractivity contribution in [2.45, 2.75) is 26.3 Å². The van der Waals surface area contributed by atoms with Crippen LogP contribution < -0.4 is 9.64 Å². The molecule has 2 aromatic carbocycles. The largest absolute Gasteiger partial charge is 0.493 e. The highest BCUT2D eigenvalue weighted by Crippen LogP contribution is 2.26. The molecule has 0 bridgehead atoms. The third-order valence-electron chi connectivity index (χ3n) is 4.61. The average molecular weight is 338 g/mol. The van der Waals surface area contributed by atoms with Gasteiger partial charge >= 0.3 is 0 Å². The van der Waals surface area contributed by atoms with E-state index in [0.717, 1.165) is 13.1 Å². The Kier molecular flexibility index (Phi) is 5.59. The van der Waals surface area contributed by atoms with E-state index in [1.54, 1.807) is 4.90 Å². The summed E-state index contributed by atoms with van der Waals surface area (Å²) in [6.07, 6.45) is 2.48. The number of hydrogen-bond donors (Lipinski definition) is 0. The summed E-state index contributed by atoms with van der Waals surface area (Å²) < 4.78 is 5.61. The second kappa shape index (κ2) is 8.06. The SMILES string of the molecule is CCOc1ccccc1C(=O)N(C)Cc1ccccc1N1CCCC1. The molecule has 0 atom stereocenters. The van der Waals surface area contributed by atoms with E-state index in [4.69, 9.17) is 4.74 Å². The molecule has 0 aromatic heterocycles. The molecule has 0 saturated carbocycles. The van der Waals surface area contributed by atoms with Crippen LogP contribution in [0.2, 0.25) is 0 Å². The molecule has 1 saturated heterocycles. The lowest BCUT2D eigenvalue weighted by Gasteiger charge is -2.25. The number of rotatable bonds is 6. The molecule has 2 aromatic rings. The van der Waals surface area contributed by atoms with Gasteiger partial charge in [0.05, 0.1) is 12.2 Å². The van der Waals surface area contributed by atoms with Crippen LogP contribution in [0.25, 0.3) is 0 Å². The number of carbonyl (C=O) groups excluding carboxylic acids is 1. The maximum Gasteiger partial charge on any atom is 0.257 e. The summed E-state index contributed by atoms with van der Waals surface area (Å²) in [7, 11) is 1.85. The number of para-hydroxylation sites is 2. The van der Waals surface area contributed by atoms with E-state index in [1.807, 2.05) is 44.3 Å². The zero-order valence-electron chi connectivity index (χ0n) is 15.1. The van der Waals surface area contributed by atoms with Gasteiger partial charge in [0, 0.05) is 32.4 Å². The van der Waals surface area contributed by atoms with Gasteiger partial charge in [0.1, 0.15) is 5.75 Å². The second-order valence-corrected chi connectivity index (χ2v) is 6.41. The molecular weight excluding hydrogens is 312 g/mol. The Morgan fingerprint density at radius 1 is 1.08 bits per heavy atom. The molecule has 132 valence electrons. The molecule has 1 aliphatic rings. The quantitative estimate of drug-likeness (QED) is 0.799. The van der Waals surface area contributed by atoms with E-state index in [0.29, 0.717) is 24.5 Å². The van der Waals surface area contributed by atoms with Crippen molar-refractivity contribution < 1.29 is 9.53 Å². The van der Waals surface area contributed by atoms with Crippen LogP contribution in [0.4, 0.5) is 5.69 Å². The average Bonchev–Trinajstić information content (AvgIpc) is 3.17. The standard InChI is InChI=1S/C21H26N2O2/c1-3-25-20-13-7-5-11-18(20)21(24)22(2)16-17-10-4-6-12-19(17)23-14-8-9-15-23/h4-7,10-13H,3,8-9,14-16H2,1-2H3. The van der Waals surface area contributed by atoms with Gasteiger partial charge in [-0.15, -0.1) is 0 Å². The van der Waals surface area contributed by atoms with Crippen molar-refractivity contribution in [3.63, 3.8) is 0 Å². The van der Waals surface area contributed by atoms with E-state index in [1.165, 1.54) is 24.1 Å². The smallest absolute Gasteiger partial charge is 0.257 e. The summed E-state index contributed by atoms with van der Waals surface area (Å²) in [6.45, 7) is 5.26. The van der Waals surface area contributed by atoms with Crippen molar-refractivity contribution in [2.24, 2.45) is 0 Å². The Morgan fingerprint density at radius 3 is 2.52 bits per heavy atom. The van der Waals surface area contributed by atoms with E-state index < -0.39 is 0 Å². The summed E-state index contributed by atoms with van der Waals surface area (Å²) in [4.78, 5) is 17.1. The molecule has 4 nitrogen and oxygen atoms in total. The van der Waals surface area contributed by atoms with Crippen LogP contribution in [0.1, 0.15) is 35.7 Å². The minimum atomic E-state index is -0.0136. The Morgan fingerprint density at radius 2 is 1.76 bits per heavy atom. The topological polar surface area (TPSA) is 32.8 Å². The number of ether oxygens (including phenoxy) is 1. The van der Waals surface area contributed by atoms with Crippen LogP contribution in [0.3, 0.4) is 0 Å². The molecule has 3 rings (SSSR count). The number of amides is 1. The summed E-state index contributed by atoms with van der Waals surface area (Å²) >= 11 is 0. The molecule has 0 spiro atoms. The third kappa shape index (κ3) is 3.95. The van der Waals surface area contributed by atoms with E-state index >= 15 is 0 Å². The zero-order valence-corrected chi connectivity index (χ0v) is 15.1. The molecule has 4 heteroatoms. The molecule has 1 heterocycles. The minimum Gasteiger partial charge on any atom is -0.493 e. The molecule has 0 unspecified atom stereocenters. The summed E-state index contributed by atoms with van der Waals surface area (Å²) in [5.41, 5.74) is 3.05. The van der Waals surface area contributed by atoms with Crippen molar-refractivity contribution in [3.8, 4) is 5.75 Å². The summed E-state index contributed by atoms with van der Waals surface area (Å²) in [5, 5.41) is 0. The van der Waals surface area contributed by atoms with Gasteiger partial charge in [-0.2, -0.15) is 0 Å². The van der Waals surface area contributed by atoms with Crippen molar-refractivity contribution >= 4 is 11.6 Å². The third-order valence-corrected chi connectivity index (χ3v) is 4.61. The Balaban J connectivity index is 1.79. The normalized spacial score (nSPS) is 13.8. The molecule has 1 fully saturated rings. The van der Waals surface area contributed by atoms with Gasteiger partial charge in [0.15, 0.2) is 0 Å². The first kappa shape index (κ1) is 17.3. The van der Waals surface area contributed by atoms with Crippen molar-refractivity contribution in [3.05, 3.63) is 59.7 Å². The molecule has 1 aliphatic heterocycles. The lowest BCUT2D eigenvalue weighted by Crippen LogP contribution is -2.28. The van der Waals surface area contributed by atoms with E-state index in [9.17, 15) is 4.79 Å². The fourth-order valence-electron chi connectivity index (χ4n) is 3.37. The molecule has 0 radical (unpaired) electrons. The number of anilines is 1. The fourth-order valence-corrected chi connectivity index (χ4v) is 3.37. The van der Waals surface area contributed by atoms with Gasteiger partial charge in [-0.25, -0.2) is 0 Å². The monoisotopic (exact) mass is 338 g/mol. The molecule has 25 heavy (non-hydrogen) atoms. The van der Waals surface area contributed by atoms with Gasteiger partial charge < -0.3 is 14.5 Å². The zero-order chi connectivity index (χ0) is 17.6. The molecule has 1 amide bonds. The maximum absolute atomic E-state index is 12.9. The van der Waals surface area contributed by atoms with E-state index in [-0.39, 0.29) is 5.91 Å².